The maximum absolute atomic E-state index is 11.1. The Morgan fingerprint density at radius 2 is 2.18 bits per heavy atom. The van der Waals surface area contributed by atoms with Gasteiger partial charge in [0.15, 0.2) is 0 Å². The molecule has 4 nitrogen and oxygen atoms in total. The Morgan fingerprint density at radius 1 is 1.47 bits per heavy atom. The van der Waals surface area contributed by atoms with E-state index in [1.54, 1.807) is 18.2 Å². The Labute approximate surface area is 106 Å². The minimum absolute atomic E-state index is 0.00492. The van der Waals surface area contributed by atoms with Crippen molar-refractivity contribution in [1.29, 1.82) is 0 Å². The summed E-state index contributed by atoms with van der Waals surface area (Å²) in [5.41, 5.74) is 0.930. The molecule has 6 heteroatoms. The van der Waals surface area contributed by atoms with Crippen LogP contribution in [0.2, 0.25) is 5.02 Å². The van der Waals surface area contributed by atoms with Crippen LogP contribution in [0.4, 0.5) is 5.69 Å². The first-order valence-corrected chi connectivity index (χ1v) is 7.06. The summed E-state index contributed by atoms with van der Waals surface area (Å²) >= 11 is 5.85. The highest BCUT2D eigenvalue weighted by Crippen LogP contribution is 2.23. The van der Waals surface area contributed by atoms with E-state index in [0.717, 1.165) is 6.26 Å². The summed E-state index contributed by atoms with van der Waals surface area (Å²) in [5.74, 6) is 5.54. The maximum Gasteiger partial charge on any atom is 0.229 e. The van der Waals surface area contributed by atoms with Crippen molar-refractivity contribution in [3.05, 3.63) is 28.8 Å². The zero-order valence-electron chi connectivity index (χ0n) is 9.20. The summed E-state index contributed by atoms with van der Waals surface area (Å²) in [4.78, 5) is 0. The Balaban J connectivity index is 3.00. The number of aliphatic hydroxyl groups excluding tert-OH is 1. The largest absolute Gasteiger partial charge is 0.395 e. The number of hydrogen-bond donors (Lipinski definition) is 2. The second kappa shape index (κ2) is 5.92. The lowest BCUT2D eigenvalue weighted by Crippen LogP contribution is -2.09. The van der Waals surface area contributed by atoms with Crippen LogP contribution in [0.25, 0.3) is 0 Å². The highest BCUT2D eigenvalue weighted by atomic mass is 35.5. The lowest BCUT2D eigenvalue weighted by atomic mass is 10.2. The average molecular weight is 274 g/mol. The van der Waals surface area contributed by atoms with Crippen LogP contribution in [0.1, 0.15) is 12.0 Å². The van der Waals surface area contributed by atoms with Crippen LogP contribution in [-0.4, -0.2) is 26.4 Å². The highest BCUT2D eigenvalue weighted by molar-refractivity contribution is 7.92. The van der Waals surface area contributed by atoms with Crippen molar-refractivity contribution in [3.63, 3.8) is 0 Å². The number of rotatable bonds is 3. The fourth-order valence-electron chi connectivity index (χ4n) is 1.10. The van der Waals surface area contributed by atoms with E-state index in [-0.39, 0.29) is 6.61 Å². The molecule has 0 amide bonds. The second-order valence-corrected chi connectivity index (χ2v) is 5.50. The molecule has 1 aromatic carbocycles. The predicted molar refractivity (Wildman–Crippen MR) is 68.5 cm³/mol. The third kappa shape index (κ3) is 5.09. The van der Waals surface area contributed by atoms with E-state index in [9.17, 15) is 8.42 Å². The quantitative estimate of drug-likeness (QED) is 0.819. The van der Waals surface area contributed by atoms with Crippen molar-refractivity contribution >= 4 is 27.3 Å². The smallest absolute Gasteiger partial charge is 0.229 e. The molecule has 0 saturated heterocycles. The Kier molecular flexibility index (Phi) is 4.82. The first-order valence-electron chi connectivity index (χ1n) is 4.79. The van der Waals surface area contributed by atoms with Crippen LogP contribution in [-0.2, 0) is 10.0 Å². The molecule has 0 aromatic heterocycles. The second-order valence-electron chi connectivity index (χ2n) is 3.34. The number of benzene rings is 1. The lowest BCUT2D eigenvalue weighted by molar-refractivity contribution is 0.305. The van der Waals surface area contributed by atoms with Crippen LogP contribution < -0.4 is 4.72 Å². The number of sulfonamides is 1. The molecule has 92 valence electrons. The SMILES string of the molecule is CS(=O)(=O)Nc1cc(C#CCCO)ccc1Cl. The molecule has 0 fully saturated rings. The maximum atomic E-state index is 11.1. The number of hydrogen-bond acceptors (Lipinski definition) is 3. The van der Waals surface area contributed by atoms with E-state index >= 15 is 0 Å². The molecule has 1 rings (SSSR count). The topological polar surface area (TPSA) is 66.4 Å². The molecule has 1 aromatic rings. The molecule has 0 radical (unpaired) electrons. The van der Waals surface area contributed by atoms with Gasteiger partial charge >= 0.3 is 0 Å². The van der Waals surface area contributed by atoms with Crippen molar-refractivity contribution in [3.8, 4) is 11.8 Å². The standard InChI is InChI=1S/C11H12ClNO3S/c1-17(15,16)13-11-8-9(4-2-3-7-14)5-6-10(11)12/h5-6,8,13-14H,3,7H2,1H3. The Bertz CT molecular complexity index is 558. The summed E-state index contributed by atoms with van der Waals surface area (Å²) in [6.07, 6.45) is 1.42. The van der Waals surface area contributed by atoms with E-state index < -0.39 is 10.0 Å². The molecule has 0 bridgehead atoms. The number of aliphatic hydroxyl groups is 1. The van der Waals surface area contributed by atoms with Crippen molar-refractivity contribution in [1.82, 2.24) is 0 Å². The molecule has 0 aliphatic heterocycles. The first kappa shape index (κ1) is 13.8. The predicted octanol–water partition coefficient (Wildman–Crippen LogP) is 1.45. The lowest BCUT2D eigenvalue weighted by Gasteiger charge is -2.06. The molecular formula is C11H12ClNO3S. The fraction of sp³-hybridized carbons (Fsp3) is 0.273. The van der Waals surface area contributed by atoms with Gasteiger partial charge < -0.3 is 5.11 Å². The van der Waals surface area contributed by atoms with Gasteiger partial charge in [-0.15, -0.1) is 0 Å². The van der Waals surface area contributed by atoms with E-state index in [2.05, 4.69) is 16.6 Å². The van der Waals surface area contributed by atoms with Crippen LogP contribution in [0.3, 0.4) is 0 Å². The van der Waals surface area contributed by atoms with Gasteiger partial charge in [0, 0.05) is 12.0 Å². The van der Waals surface area contributed by atoms with Crippen LogP contribution in [0.5, 0.6) is 0 Å². The van der Waals surface area contributed by atoms with Gasteiger partial charge in [-0.25, -0.2) is 8.42 Å². The van der Waals surface area contributed by atoms with Gasteiger partial charge in [0.05, 0.1) is 23.6 Å². The van der Waals surface area contributed by atoms with E-state index in [4.69, 9.17) is 16.7 Å². The Hall–Kier alpha value is -1.22. The average Bonchev–Trinajstić information content (AvgIpc) is 2.21. The molecule has 0 atom stereocenters. The summed E-state index contributed by atoms with van der Waals surface area (Å²) in [6, 6.07) is 4.80. The van der Waals surface area contributed by atoms with E-state index in [1.807, 2.05) is 0 Å². The van der Waals surface area contributed by atoms with E-state index in [1.165, 1.54) is 0 Å². The Morgan fingerprint density at radius 3 is 2.76 bits per heavy atom. The highest BCUT2D eigenvalue weighted by Gasteiger charge is 2.06. The minimum atomic E-state index is -3.36. The van der Waals surface area contributed by atoms with Gasteiger partial charge in [0.2, 0.25) is 10.0 Å². The fourth-order valence-corrected chi connectivity index (χ4v) is 1.89. The number of nitrogens with one attached hydrogen (secondary N) is 1. The normalized spacial score (nSPS) is 10.5. The molecule has 0 unspecified atom stereocenters. The number of anilines is 1. The molecular weight excluding hydrogens is 262 g/mol. The molecule has 0 saturated carbocycles. The molecule has 0 spiro atoms. The van der Waals surface area contributed by atoms with Gasteiger partial charge in [0.1, 0.15) is 0 Å². The van der Waals surface area contributed by atoms with E-state index in [0.29, 0.717) is 22.7 Å². The first-order chi connectivity index (χ1) is 7.92. The van der Waals surface area contributed by atoms with Gasteiger partial charge in [-0.2, -0.15) is 0 Å². The molecule has 2 N–H and O–H groups in total. The van der Waals surface area contributed by atoms with Gasteiger partial charge in [-0.3, -0.25) is 4.72 Å². The zero-order chi connectivity index (χ0) is 12.9. The summed E-state index contributed by atoms with van der Waals surface area (Å²) < 4.78 is 24.5. The monoisotopic (exact) mass is 273 g/mol. The molecule has 0 heterocycles. The van der Waals surface area contributed by atoms with Crippen molar-refractivity contribution < 1.29 is 13.5 Å². The van der Waals surface area contributed by atoms with Crippen molar-refractivity contribution in [2.75, 3.05) is 17.6 Å². The summed E-state index contributed by atoms with van der Waals surface area (Å²) in [5, 5.41) is 8.89. The van der Waals surface area contributed by atoms with Crippen molar-refractivity contribution in [2.45, 2.75) is 6.42 Å². The van der Waals surface area contributed by atoms with Gasteiger partial charge in [-0.1, -0.05) is 23.4 Å². The van der Waals surface area contributed by atoms with Crippen LogP contribution >= 0.6 is 11.6 Å². The third-order valence-electron chi connectivity index (χ3n) is 1.73. The van der Waals surface area contributed by atoms with Crippen LogP contribution in [0.15, 0.2) is 18.2 Å². The molecule has 17 heavy (non-hydrogen) atoms. The number of halogens is 1. The van der Waals surface area contributed by atoms with Crippen molar-refractivity contribution in [2.24, 2.45) is 0 Å². The van der Waals surface area contributed by atoms with Gasteiger partial charge in [0.25, 0.3) is 0 Å². The zero-order valence-corrected chi connectivity index (χ0v) is 10.8. The van der Waals surface area contributed by atoms with Gasteiger partial charge in [-0.05, 0) is 18.2 Å². The van der Waals surface area contributed by atoms with Crippen LogP contribution in [0, 0.1) is 11.8 Å². The summed E-state index contributed by atoms with van der Waals surface area (Å²) in [7, 11) is -3.36. The minimum Gasteiger partial charge on any atom is -0.395 e. The molecule has 0 aliphatic carbocycles. The third-order valence-corrected chi connectivity index (χ3v) is 2.65. The molecule has 0 aliphatic rings. The summed E-state index contributed by atoms with van der Waals surface area (Å²) in [6.45, 7) is -0.00492.